The molecule has 1 heterocycles. The van der Waals surface area contributed by atoms with Gasteiger partial charge in [-0.1, -0.05) is 6.92 Å². The Morgan fingerprint density at radius 1 is 1.30 bits per heavy atom. The smallest absolute Gasteiger partial charge is 0.410 e. The first-order chi connectivity index (χ1) is 9.21. The largest absolute Gasteiger partial charge is 0.468 e. The lowest BCUT2D eigenvalue weighted by Crippen LogP contribution is -2.52. The van der Waals surface area contributed by atoms with Crippen LogP contribution in [0.4, 0.5) is 4.79 Å². The second-order valence-electron chi connectivity index (χ2n) is 6.38. The lowest BCUT2D eigenvalue weighted by molar-refractivity contribution is -0.139. The first kappa shape index (κ1) is 16.8. The number of likely N-dealkylation sites (tertiary alicyclic amines) is 1. The first-order valence-electron chi connectivity index (χ1n) is 6.99. The van der Waals surface area contributed by atoms with Crippen LogP contribution < -0.4 is 5.32 Å². The molecule has 6 heteroatoms. The number of hydrogen-bond acceptors (Lipinski definition) is 5. The van der Waals surface area contributed by atoms with Crippen LogP contribution in [0.1, 0.15) is 34.1 Å². The van der Waals surface area contributed by atoms with Gasteiger partial charge in [0.1, 0.15) is 5.60 Å². The molecule has 0 saturated carbocycles. The fraction of sp³-hybridized carbons (Fsp3) is 0.857. The van der Waals surface area contributed by atoms with E-state index in [1.54, 1.807) is 4.90 Å². The SMILES string of the molecule is COC(=O)CN[C@H]1C[C@H](C)CN(C(=O)OC(C)(C)C)C1. The van der Waals surface area contributed by atoms with Gasteiger partial charge in [-0.3, -0.25) is 4.79 Å². The van der Waals surface area contributed by atoms with Crippen LogP contribution in [0.5, 0.6) is 0 Å². The number of nitrogens with one attached hydrogen (secondary N) is 1. The molecule has 0 aromatic rings. The van der Waals surface area contributed by atoms with Crippen LogP contribution in [0, 0.1) is 5.92 Å². The van der Waals surface area contributed by atoms with Crippen molar-refractivity contribution >= 4 is 12.1 Å². The van der Waals surface area contributed by atoms with Gasteiger partial charge in [0.2, 0.25) is 0 Å². The Bertz CT molecular complexity index is 352. The lowest BCUT2D eigenvalue weighted by Gasteiger charge is -2.37. The Morgan fingerprint density at radius 3 is 2.50 bits per heavy atom. The number of piperidine rings is 1. The molecule has 6 nitrogen and oxygen atoms in total. The fourth-order valence-corrected chi connectivity index (χ4v) is 2.27. The third kappa shape index (κ3) is 5.77. The zero-order chi connectivity index (χ0) is 15.3. The summed E-state index contributed by atoms with van der Waals surface area (Å²) in [5.74, 6) is 0.0680. The maximum atomic E-state index is 12.1. The summed E-state index contributed by atoms with van der Waals surface area (Å²) in [6.07, 6.45) is 0.630. The summed E-state index contributed by atoms with van der Waals surface area (Å²) in [6.45, 7) is 9.04. The van der Waals surface area contributed by atoms with Crippen molar-refractivity contribution < 1.29 is 19.1 Å². The van der Waals surface area contributed by atoms with Crippen LogP contribution in [0.2, 0.25) is 0 Å². The molecule has 0 radical (unpaired) electrons. The lowest BCUT2D eigenvalue weighted by atomic mass is 9.96. The van der Waals surface area contributed by atoms with Gasteiger partial charge in [0.05, 0.1) is 13.7 Å². The summed E-state index contributed by atoms with van der Waals surface area (Å²) in [6, 6.07) is 0.0883. The highest BCUT2D eigenvalue weighted by atomic mass is 16.6. The summed E-state index contributed by atoms with van der Waals surface area (Å²) in [7, 11) is 1.36. The van der Waals surface area contributed by atoms with Crippen molar-refractivity contribution in [1.29, 1.82) is 0 Å². The highest BCUT2D eigenvalue weighted by Gasteiger charge is 2.30. The quantitative estimate of drug-likeness (QED) is 0.794. The van der Waals surface area contributed by atoms with E-state index >= 15 is 0 Å². The minimum Gasteiger partial charge on any atom is -0.468 e. The average Bonchev–Trinajstić information content (AvgIpc) is 2.33. The number of carbonyl (C=O) groups is 2. The Labute approximate surface area is 120 Å². The number of methoxy groups -OCH3 is 1. The van der Waals surface area contributed by atoms with E-state index in [9.17, 15) is 9.59 Å². The second kappa shape index (κ2) is 6.92. The van der Waals surface area contributed by atoms with Crippen molar-refractivity contribution in [2.45, 2.75) is 45.8 Å². The predicted octanol–water partition coefficient (Wildman–Crippen LogP) is 1.39. The van der Waals surface area contributed by atoms with E-state index in [1.807, 2.05) is 20.8 Å². The fourth-order valence-electron chi connectivity index (χ4n) is 2.27. The molecule has 0 bridgehead atoms. The van der Waals surface area contributed by atoms with Gasteiger partial charge in [-0.2, -0.15) is 0 Å². The normalized spacial score (nSPS) is 23.4. The molecule has 1 rings (SSSR count). The molecule has 0 unspecified atom stereocenters. The maximum Gasteiger partial charge on any atom is 0.410 e. The number of ether oxygens (including phenoxy) is 2. The molecule has 0 aromatic carbocycles. The van der Waals surface area contributed by atoms with E-state index in [0.29, 0.717) is 19.0 Å². The van der Waals surface area contributed by atoms with Gasteiger partial charge in [-0.05, 0) is 33.1 Å². The molecule has 2 atom stereocenters. The monoisotopic (exact) mass is 286 g/mol. The molecule has 1 saturated heterocycles. The Kier molecular flexibility index (Phi) is 5.80. The van der Waals surface area contributed by atoms with Crippen molar-refractivity contribution in [2.75, 3.05) is 26.7 Å². The van der Waals surface area contributed by atoms with Crippen LogP contribution in [0.25, 0.3) is 0 Å². The zero-order valence-electron chi connectivity index (χ0n) is 13.1. The van der Waals surface area contributed by atoms with E-state index in [0.717, 1.165) is 6.42 Å². The van der Waals surface area contributed by atoms with Gasteiger partial charge in [0.25, 0.3) is 0 Å². The van der Waals surface area contributed by atoms with Crippen LogP contribution in [-0.2, 0) is 14.3 Å². The molecule has 20 heavy (non-hydrogen) atoms. The van der Waals surface area contributed by atoms with Gasteiger partial charge < -0.3 is 19.7 Å². The highest BCUT2D eigenvalue weighted by molar-refractivity contribution is 5.71. The number of rotatable bonds is 3. The minimum absolute atomic E-state index is 0.0883. The Balaban J connectivity index is 2.52. The molecule has 116 valence electrons. The van der Waals surface area contributed by atoms with Crippen molar-refractivity contribution in [3.05, 3.63) is 0 Å². The van der Waals surface area contributed by atoms with Crippen molar-refractivity contribution in [2.24, 2.45) is 5.92 Å². The summed E-state index contributed by atoms with van der Waals surface area (Å²) in [5.41, 5.74) is -0.493. The molecule has 0 aromatic heterocycles. The van der Waals surface area contributed by atoms with E-state index in [4.69, 9.17) is 4.74 Å². The first-order valence-corrected chi connectivity index (χ1v) is 6.99. The minimum atomic E-state index is -0.493. The van der Waals surface area contributed by atoms with E-state index in [-0.39, 0.29) is 24.6 Å². The Hall–Kier alpha value is -1.30. The van der Waals surface area contributed by atoms with Gasteiger partial charge in [0, 0.05) is 19.1 Å². The molecule has 1 amide bonds. The van der Waals surface area contributed by atoms with Crippen LogP contribution >= 0.6 is 0 Å². The molecular weight excluding hydrogens is 260 g/mol. The number of esters is 1. The standard InChI is InChI=1S/C14H26N2O4/c1-10-6-11(15-7-12(17)19-5)9-16(8-10)13(18)20-14(2,3)4/h10-11,15H,6-9H2,1-5H3/t10-,11-/m0/s1. The van der Waals surface area contributed by atoms with Gasteiger partial charge >= 0.3 is 12.1 Å². The summed E-state index contributed by atoms with van der Waals surface area (Å²) < 4.78 is 9.99. The molecular formula is C14H26N2O4. The van der Waals surface area contributed by atoms with Crippen LogP contribution in [0.15, 0.2) is 0 Å². The van der Waals surface area contributed by atoms with Gasteiger partial charge in [-0.15, -0.1) is 0 Å². The van der Waals surface area contributed by atoms with Gasteiger partial charge in [-0.25, -0.2) is 4.79 Å². The number of carbonyl (C=O) groups excluding carboxylic acids is 2. The number of nitrogens with zero attached hydrogens (tertiary/aromatic N) is 1. The highest BCUT2D eigenvalue weighted by Crippen LogP contribution is 2.19. The third-order valence-corrected chi connectivity index (χ3v) is 3.07. The van der Waals surface area contributed by atoms with E-state index < -0.39 is 5.60 Å². The van der Waals surface area contributed by atoms with Crippen molar-refractivity contribution in [3.8, 4) is 0 Å². The van der Waals surface area contributed by atoms with E-state index in [2.05, 4.69) is 17.0 Å². The van der Waals surface area contributed by atoms with Crippen LogP contribution in [-0.4, -0.2) is 55.3 Å². The summed E-state index contributed by atoms with van der Waals surface area (Å²) in [4.78, 5) is 24.9. The average molecular weight is 286 g/mol. The molecule has 0 aliphatic carbocycles. The molecule has 1 N–H and O–H groups in total. The van der Waals surface area contributed by atoms with Crippen molar-refractivity contribution in [3.63, 3.8) is 0 Å². The van der Waals surface area contributed by atoms with Gasteiger partial charge in [0.15, 0.2) is 0 Å². The molecule has 1 aliphatic heterocycles. The zero-order valence-corrected chi connectivity index (χ0v) is 13.1. The molecule has 1 aliphatic rings. The number of amides is 1. The second-order valence-corrected chi connectivity index (χ2v) is 6.38. The van der Waals surface area contributed by atoms with E-state index in [1.165, 1.54) is 7.11 Å². The molecule has 1 fully saturated rings. The van der Waals surface area contributed by atoms with Crippen LogP contribution in [0.3, 0.4) is 0 Å². The Morgan fingerprint density at radius 2 is 1.95 bits per heavy atom. The maximum absolute atomic E-state index is 12.1. The summed E-state index contributed by atoms with van der Waals surface area (Å²) >= 11 is 0. The van der Waals surface area contributed by atoms with Crippen molar-refractivity contribution in [1.82, 2.24) is 10.2 Å². The third-order valence-electron chi connectivity index (χ3n) is 3.07. The summed E-state index contributed by atoms with van der Waals surface area (Å²) in [5, 5.41) is 3.13. The number of hydrogen-bond donors (Lipinski definition) is 1. The topological polar surface area (TPSA) is 67.9 Å². The molecule has 0 spiro atoms. The predicted molar refractivity (Wildman–Crippen MR) is 75.4 cm³/mol.